The van der Waals surface area contributed by atoms with Gasteiger partial charge in [0.15, 0.2) is 0 Å². The number of sulfonamides is 1. The maximum atomic E-state index is 12.3. The van der Waals surface area contributed by atoms with Crippen molar-refractivity contribution in [2.75, 3.05) is 0 Å². The van der Waals surface area contributed by atoms with E-state index in [1.54, 1.807) is 24.3 Å². The molecule has 0 spiro atoms. The lowest BCUT2D eigenvalue weighted by atomic mass is 9.96. The Morgan fingerprint density at radius 3 is 2.43 bits per heavy atom. The quantitative estimate of drug-likeness (QED) is 0.891. The van der Waals surface area contributed by atoms with Crippen LogP contribution in [0.25, 0.3) is 11.4 Å². The molecule has 0 amide bonds. The fraction of sp³-hybridized carbons (Fsp3) is 0.462. The number of hydrogen-bond donors (Lipinski definition) is 2. The van der Waals surface area contributed by atoms with Gasteiger partial charge in [0, 0.05) is 11.6 Å². The van der Waals surface area contributed by atoms with Crippen molar-refractivity contribution in [1.82, 2.24) is 25.3 Å². The minimum absolute atomic E-state index is 0.0561. The van der Waals surface area contributed by atoms with E-state index in [-0.39, 0.29) is 10.9 Å². The van der Waals surface area contributed by atoms with Gasteiger partial charge in [-0.3, -0.25) is 0 Å². The molecule has 0 atom stereocenters. The number of rotatable bonds is 4. The highest BCUT2D eigenvalue weighted by Gasteiger charge is 2.21. The first kappa shape index (κ1) is 14.2. The van der Waals surface area contributed by atoms with Crippen LogP contribution in [0.1, 0.15) is 32.1 Å². The molecule has 7 nitrogen and oxygen atoms in total. The summed E-state index contributed by atoms with van der Waals surface area (Å²) >= 11 is 0. The average molecular weight is 307 g/mol. The number of H-pyrrole nitrogens is 1. The minimum atomic E-state index is -3.46. The third-order valence-corrected chi connectivity index (χ3v) is 5.23. The molecule has 21 heavy (non-hydrogen) atoms. The molecular weight excluding hydrogens is 290 g/mol. The summed E-state index contributed by atoms with van der Waals surface area (Å²) in [5.74, 6) is 0.444. The van der Waals surface area contributed by atoms with Crippen molar-refractivity contribution in [3.8, 4) is 11.4 Å². The number of tetrazole rings is 1. The Kier molecular flexibility index (Phi) is 3.98. The molecule has 0 aliphatic heterocycles. The van der Waals surface area contributed by atoms with Crippen LogP contribution in [0, 0.1) is 0 Å². The van der Waals surface area contributed by atoms with E-state index in [0.29, 0.717) is 5.82 Å². The molecule has 1 aliphatic carbocycles. The monoisotopic (exact) mass is 307 g/mol. The Hall–Kier alpha value is -1.80. The summed E-state index contributed by atoms with van der Waals surface area (Å²) in [4.78, 5) is 0.264. The van der Waals surface area contributed by atoms with Gasteiger partial charge in [-0.15, -0.1) is 10.2 Å². The maximum absolute atomic E-state index is 12.3. The molecule has 8 heteroatoms. The van der Waals surface area contributed by atoms with E-state index >= 15 is 0 Å². The van der Waals surface area contributed by atoms with Gasteiger partial charge in [0.1, 0.15) is 0 Å². The molecule has 0 radical (unpaired) electrons. The van der Waals surface area contributed by atoms with Crippen LogP contribution in [-0.4, -0.2) is 35.1 Å². The molecule has 1 aromatic heterocycles. The van der Waals surface area contributed by atoms with Crippen LogP contribution in [0.15, 0.2) is 29.2 Å². The van der Waals surface area contributed by atoms with Crippen molar-refractivity contribution in [1.29, 1.82) is 0 Å². The number of aromatic amines is 1. The Morgan fingerprint density at radius 2 is 1.81 bits per heavy atom. The topological polar surface area (TPSA) is 101 Å². The third kappa shape index (κ3) is 3.27. The van der Waals surface area contributed by atoms with Crippen LogP contribution in [-0.2, 0) is 10.0 Å². The van der Waals surface area contributed by atoms with Crippen molar-refractivity contribution >= 4 is 10.0 Å². The number of nitrogens with zero attached hydrogens (tertiary/aromatic N) is 3. The lowest BCUT2D eigenvalue weighted by Crippen LogP contribution is -2.36. The molecule has 1 heterocycles. The second kappa shape index (κ2) is 5.90. The summed E-state index contributed by atoms with van der Waals surface area (Å²) in [6.07, 6.45) is 5.20. The number of nitrogens with one attached hydrogen (secondary N) is 2. The maximum Gasteiger partial charge on any atom is 0.240 e. The lowest BCUT2D eigenvalue weighted by molar-refractivity contribution is 0.412. The number of benzene rings is 1. The Labute approximate surface area is 123 Å². The molecule has 3 rings (SSSR count). The summed E-state index contributed by atoms with van der Waals surface area (Å²) in [7, 11) is -3.46. The zero-order valence-electron chi connectivity index (χ0n) is 11.5. The van der Waals surface area contributed by atoms with Crippen molar-refractivity contribution in [2.24, 2.45) is 0 Å². The van der Waals surface area contributed by atoms with E-state index in [1.165, 1.54) is 6.42 Å². The summed E-state index contributed by atoms with van der Waals surface area (Å²) in [6, 6.07) is 6.55. The molecular formula is C13H17N5O2S. The largest absolute Gasteiger partial charge is 0.240 e. The van der Waals surface area contributed by atoms with Crippen LogP contribution < -0.4 is 4.72 Å². The second-order valence-electron chi connectivity index (χ2n) is 5.22. The average Bonchev–Trinajstić information content (AvgIpc) is 3.02. The number of hydrogen-bond acceptors (Lipinski definition) is 5. The Balaban J connectivity index is 1.76. The molecule has 2 aromatic rings. The first-order chi connectivity index (χ1) is 10.1. The van der Waals surface area contributed by atoms with Crippen molar-refractivity contribution in [3.05, 3.63) is 24.3 Å². The number of aromatic nitrogens is 4. The van der Waals surface area contributed by atoms with Gasteiger partial charge in [0.05, 0.1) is 4.90 Å². The van der Waals surface area contributed by atoms with E-state index in [9.17, 15) is 8.42 Å². The first-order valence-electron chi connectivity index (χ1n) is 7.01. The van der Waals surface area contributed by atoms with Gasteiger partial charge in [-0.05, 0) is 42.3 Å². The standard InChI is InChI=1S/C13H17N5O2S/c19-21(20,16-11-4-2-1-3-5-11)12-8-6-10(7-9-12)13-14-17-18-15-13/h6-9,11,16H,1-5H2,(H,14,15,17,18). The van der Waals surface area contributed by atoms with Gasteiger partial charge in [-0.1, -0.05) is 19.3 Å². The van der Waals surface area contributed by atoms with Crippen molar-refractivity contribution in [3.63, 3.8) is 0 Å². The van der Waals surface area contributed by atoms with Crippen LogP contribution in [0.3, 0.4) is 0 Å². The van der Waals surface area contributed by atoms with E-state index in [1.807, 2.05) is 0 Å². The molecule has 1 saturated carbocycles. The highest BCUT2D eigenvalue weighted by atomic mass is 32.2. The van der Waals surface area contributed by atoms with E-state index in [4.69, 9.17) is 0 Å². The van der Waals surface area contributed by atoms with E-state index < -0.39 is 10.0 Å². The van der Waals surface area contributed by atoms with Gasteiger partial charge in [0.2, 0.25) is 15.8 Å². The smallest absolute Gasteiger partial charge is 0.208 e. The summed E-state index contributed by atoms with van der Waals surface area (Å²) in [5, 5.41) is 13.6. The van der Waals surface area contributed by atoms with E-state index in [0.717, 1.165) is 31.2 Å². The van der Waals surface area contributed by atoms with E-state index in [2.05, 4.69) is 25.3 Å². The SMILES string of the molecule is O=S(=O)(NC1CCCCC1)c1ccc(-c2nn[nH]n2)cc1. The van der Waals surface area contributed by atoms with Crippen LogP contribution >= 0.6 is 0 Å². The molecule has 1 aliphatic rings. The predicted molar refractivity (Wildman–Crippen MR) is 76.8 cm³/mol. The Morgan fingerprint density at radius 1 is 1.10 bits per heavy atom. The molecule has 0 bridgehead atoms. The van der Waals surface area contributed by atoms with Crippen LogP contribution in [0.2, 0.25) is 0 Å². The zero-order chi connectivity index (χ0) is 14.7. The second-order valence-corrected chi connectivity index (χ2v) is 6.93. The summed E-state index contributed by atoms with van der Waals surface area (Å²) in [6.45, 7) is 0. The Bertz CT molecular complexity index is 676. The molecule has 1 aromatic carbocycles. The minimum Gasteiger partial charge on any atom is -0.208 e. The molecule has 2 N–H and O–H groups in total. The first-order valence-corrected chi connectivity index (χ1v) is 8.50. The lowest BCUT2D eigenvalue weighted by Gasteiger charge is -2.22. The van der Waals surface area contributed by atoms with Gasteiger partial charge in [-0.25, -0.2) is 13.1 Å². The molecule has 1 fully saturated rings. The third-order valence-electron chi connectivity index (χ3n) is 3.70. The van der Waals surface area contributed by atoms with Gasteiger partial charge >= 0.3 is 0 Å². The van der Waals surface area contributed by atoms with Gasteiger partial charge < -0.3 is 0 Å². The van der Waals surface area contributed by atoms with Gasteiger partial charge in [0.25, 0.3) is 0 Å². The fourth-order valence-electron chi connectivity index (χ4n) is 2.58. The highest BCUT2D eigenvalue weighted by Crippen LogP contribution is 2.21. The highest BCUT2D eigenvalue weighted by molar-refractivity contribution is 7.89. The van der Waals surface area contributed by atoms with Crippen LogP contribution in [0.5, 0.6) is 0 Å². The fourth-order valence-corrected chi connectivity index (χ4v) is 3.88. The molecule has 0 saturated heterocycles. The summed E-state index contributed by atoms with van der Waals surface area (Å²) in [5.41, 5.74) is 0.723. The zero-order valence-corrected chi connectivity index (χ0v) is 12.3. The molecule has 112 valence electrons. The summed E-state index contributed by atoms with van der Waals surface area (Å²) < 4.78 is 27.5. The van der Waals surface area contributed by atoms with Crippen molar-refractivity contribution in [2.45, 2.75) is 43.0 Å². The van der Waals surface area contributed by atoms with Crippen LogP contribution in [0.4, 0.5) is 0 Å². The normalized spacial score (nSPS) is 17.0. The molecule has 0 unspecified atom stereocenters. The van der Waals surface area contributed by atoms with Gasteiger partial charge in [-0.2, -0.15) is 5.21 Å². The predicted octanol–water partition coefficient (Wildman–Crippen LogP) is 1.48. The van der Waals surface area contributed by atoms with Crippen molar-refractivity contribution < 1.29 is 8.42 Å².